The van der Waals surface area contributed by atoms with Crippen molar-refractivity contribution in [3.63, 3.8) is 0 Å². The Morgan fingerprint density at radius 1 is 1.24 bits per heavy atom. The van der Waals surface area contributed by atoms with E-state index in [4.69, 9.17) is 4.74 Å². The Morgan fingerprint density at radius 3 is 2.90 bits per heavy atom. The first-order valence-corrected chi connectivity index (χ1v) is 7.33. The summed E-state index contributed by atoms with van der Waals surface area (Å²) in [6.07, 6.45) is 2.66. The van der Waals surface area contributed by atoms with Gasteiger partial charge in [-0.2, -0.15) is 0 Å². The van der Waals surface area contributed by atoms with Crippen molar-refractivity contribution in [3.05, 3.63) is 41.7 Å². The summed E-state index contributed by atoms with van der Waals surface area (Å²) in [4.78, 5) is 8.67. The predicted octanol–water partition coefficient (Wildman–Crippen LogP) is 3.15. The molecule has 0 saturated carbocycles. The van der Waals surface area contributed by atoms with E-state index >= 15 is 0 Å². The minimum atomic E-state index is 0.133. The van der Waals surface area contributed by atoms with Crippen LogP contribution in [0.4, 0.5) is 11.6 Å². The van der Waals surface area contributed by atoms with E-state index in [0.29, 0.717) is 6.61 Å². The van der Waals surface area contributed by atoms with E-state index in [9.17, 15) is 0 Å². The molecular weight excluding hydrogens is 264 g/mol. The van der Waals surface area contributed by atoms with Crippen LogP contribution in [0.5, 0.6) is 5.75 Å². The zero-order valence-electron chi connectivity index (χ0n) is 12.4. The zero-order chi connectivity index (χ0) is 14.7. The van der Waals surface area contributed by atoms with Gasteiger partial charge in [0.05, 0.1) is 6.04 Å². The highest BCUT2D eigenvalue weighted by molar-refractivity contribution is 5.58. The third-order valence-corrected chi connectivity index (χ3v) is 3.64. The molecule has 0 fully saturated rings. The Balaban J connectivity index is 1.80. The van der Waals surface area contributed by atoms with Gasteiger partial charge in [-0.05, 0) is 19.4 Å². The third kappa shape index (κ3) is 2.77. The van der Waals surface area contributed by atoms with Crippen LogP contribution in [-0.2, 0) is 0 Å². The fourth-order valence-electron chi connectivity index (χ4n) is 2.46. The second kappa shape index (κ2) is 5.99. The first-order chi connectivity index (χ1) is 10.3. The van der Waals surface area contributed by atoms with Gasteiger partial charge in [-0.3, -0.25) is 0 Å². The van der Waals surface area contributed by atoms with E-state index in [1.54, 1.807) is 6.33 Å². The summed E-state index contributed by atoms with van der Waals surface area (Å²) in [5.74, 6) is 2.70. The fraction of sp³-hybridized carbons (Fsp3) is 0.375. The van der Waals surface area contributed by atoms with Gasteiger partial charge >= 0.3 is 0 Å². The molecule has 2 heterocycles. The smallest absolute Gasteiger partial charge is 0.135 e. The molecule has 0 spiro atoms. The summed E-state index contributed by atoms with van der Waals surface area (Å²) < 4.78 is 5.70. The summed E-state index contributed by atoms with van der Waals surface area (Å²) >= 11 is 0. The Labute approximate surface area is 124 Å². The Morgan fingerprint density at radius 2 is 2.05 bits per heavy atom. The van der Waals surface area contributed by atoms with Gasteiger partial charge in [0.25, 0.3) is 0 Å². The van der Waals surface area contributed by atoms with E-state index < -0.39 is 0 Å². The quantitative estimate of drug-likeness (QED) is 0.883. The summed E-state index contributed by atoms with van der Waals surface area (Å²) in [6.45, 7) is 5.70. The third-order valence-electron chi connectivity index (χ3n) is 3.64. The highest BCUT2D eigenvalue weighted by Crippen LogP contribution is 2.34. The average Bonchev–Trinajstić information content (AvgIpc) is 2.91. The molecule has 0 amide bonds. The van der Waals surface area contributed by atoms with Crippen molar-refractivity contribution in [1.82, 2.24) is 9.97 Å². The molecule has 1 aliphatic heterocycles. The highest BCUT2D eigenvalue weighted by atomic mass is 16.5. The molecule has 0 radical (unpaired) electrons. The topological polar surface area (TPSA) is 59.1 Å². The molecule has 0 saturated heterocycles. The van der Waals surface area contributed by atoms with E-state index in [0.717, 1.165) is 35.9 Å². The maximum absolute atomic E-state index is 5.70. The van der Waals surface area contributed by atoms with Crippen LogP contribution in [-0.4, -0.2) is 23.1 Å². The van der Waals surface area contributed by atoms with E-state index in [2.05, 4.69) is 33.6 Å². The lowest BCUT2D eigenvalue weighted by atomic mass is 10.1. The lowest BCUT2D eigenvalue weighted by molar-refractivity contribution is 0.339. The largest absolute Gasteiger partial charge is 0.491 e. The molecule has 2 aromatic rings. The van der Waals surface area contributed by atoms with Crippen LogP contribution in [0.25, 0.3) is 0 Å². The first kappa shape index (κ1) is 13.7. The van der Waals surface area contributed by atoms with Crippen LogP contribution >= 0.6 is 0 Å². The number of hydrogen-bond donors (Lipinski definition) is 2. The number of fused-ring (bicyclic) bond motifs is 1. The molecule has 1 unspecified atom stereocenters. The van der Waals surface area contributed by atoms with Gasteiger partial charge < -0.3 is 15.4 Å². The van der Waals surface area contributed by atoms with Crippen molar-refractivity contribution < 1.29 is 4.74 Å². The fourth-order valence-corrected chi connectivity index (χ4v) is 2.46. The van der Waals surface area contributed by atoms with Gasteiger partial charge in [-0.25, -0.2) is 9.97 Å². The van der Waals surface area contributed by atoms with Crippen LogP contribution in [0.15, 0.2) is 30.6 Å². The predicted molar refractivity (Wildman–Crippen MR) is 83.9 cm³/mol. The van der Waals surface area contributed by atoms with E-state index in [-0.39, 0.29) is 6.04 Å². The molecule has 1 aromatic carbocycles. The van der Waals surface area contributed by atoms with Gasteiger partial charge in [-0.15, -0.1) is 0 Å². The second-order valence-electron chi connectivity index (χ2n) is 5.17. The monoisotopic (exact) mass is 284 g/mol. The standard InChI is InChI=1S/C16H20N4O/c1-3-8-17-15-11(2)16(19-10-18-15)20-13-9-21-14-7-5-4-6-12(13)14/h4-7,10,13H,3,8-9H2,1-2H3,(H2,17,18,19,20). The Kier molecular flexibility index (Phi) is 3.90. The second-order valence-corrected chi connectivity index (χ2v) is 5.17. The van der Waals surface area contributed by atoms with Crippen molar-refractivity contribution in [1.29, 1.82) is 0 Å². The van der Waals surface area contributed by atoms with Crippen LogP contribution in [0.1, 0.15) is 30.5 Å². The summed E-state index contributed by atoms with van der Waals surface area (Å²) in [6, 6.07) is 8.24. The molecule has 5 heteroatoms. The molecule has 2 N–H and O–H groups in total. The molecule has 1 aromatic heterocycles. The van der Waals surface area contributed by atoms with Crippen molar-refractivity contribution in [2.75, 3.05) is 23.8 Å². The maximum Gasteiger partial charge on any atom is 0.135 e. The minimum Gasteiger partial charge on any atom is -0.491 e. The van der Waals surface area contributed by atoms with Gasteiger partial charge in [0.1, 0.15) is 30.3 Å². The molecular formula is C16H20N4O. The molecule has 1 atom stereocenters. The molecule has 3 rings (SSSR count). The number of ether oxygens (including phenoxy) is 1. The lowest BCUT2D eigenvalue weighted by Gasteiger charge is -2.16. The van der Waals surface area contributed by atoms with Gasteiger partial charge in [0.15, 0.2) is 0 Å². The van der Waals surface area contributed by atoms with Crippen molar-refractivity contribution in [2.24, 2.45) is 0 Å². The maximum atomic E-state index is 5.70. The summed E-state index contributed by atoms with van der Waals surface area (Å²) in [7, 11) is 0. The highest BCUT2D eigenvalue weighted by Gasteiger charge is 2.24. The number of hydrogen-bond acceptors (Lipinski definition) is 5. The number of rotatable bonds is 5. The number of anilines is 2. The Hall–Kier alpha value is -2.30. The van der Waals surface area contributed by atoms with Crippen molar-refractivity contribution in [3.8, 4) is 5.75 Å². The zero-order valence-corrected chi connectivity index (χ0v) is 12.4. The Bertz CT molecular complexity index is 629. The van der Waals surface area contributed by atoms with Crippen molar-refractivity contribution in [2.45, 2.75) is 26.3 Å². The van der Waals surface area contributed by atoms with Gasteiger partial charge in [0, 0.05) is 17.7 Å². The molecule has 5 nitrogen and oxygen atoms in total. The molecule has 0 aliphatic carbocycles. The number of benzene rings is 1. The van der Waals surface area contributed by atoms with Gasteiger partial charge in [-0.1, -0.05) is 25.1 Å². The average molecular weight is 284 g/mol. The molecule has 0 bridgehead atoms. The van der Waals surface area contributed by atoms with Crippen LogP contribution < -0.4 is 15.4 Å². The SMILES string of the molecule is CCCNc1ncnc(NC2COc3ccccc32)c1C. The number of aromatic nitrogens is 2. The number of nitrogens with one attached hydrogen (secondary N) is 2. The summed E-state index contributed by atoms with van der Waals surface area (Å²) in [5.41, 5.74) is 2.22. The van der Waals surface area contributed by atoms with E-state index in [1.165, 1.54) is 5.56 Å². The number of nitrogens with zero attached hydrogens (tertiary/aromatic N) is 2. The molecule has 21 heavy (non-hydrogen) atoms. The van der Waals surface area contributed by atoms with Crippen LogP contribution in [0.2, 0.25) is 0 Å². The lowest BCUT2D eigenvalue weighted by Crippen LogP contribution is -2.15. The molecule has 110 valence electrons. The van der Waals surface area contributed by atoms with Crippen molar-refractivity contribution >= 4 is 11.6 Å². The normalized spacial score (nSPS) is 16.2. The minimum absolute atomic E-state index is 0.133. The summed E-state index contributed by atoms with van der Waals surface area (Å²) in [5, 5.41) is 6.79. The van der Waals surface area contributed by atoms with Gasteiger partial charge in [0.2, 0.25) is 0 Å². The molecule has 1 aliphatic rings. The van der Waals surface area contributed by atoms with Crippen LogP contribution in [0, 0.1) is 6.92 Å². The van der Waals surface area contributed by atoms with Crippen LogP contribution in [0.3, 0.4) is 0 Å². The first-order valence-electron chi connectivity index (χ1n) is 7.33. The van der Waals surface area contributed by atoms with E-state index in [1.807, 2.05) is 25.1 Å². The number of para-hydroxylation sites is 1.